The summed E-state index contributed by atoms with van der Waals surface area (Å²) >= 11 is 0. The Morgan fingerprint density at radius 3 is 3.05 bits per heavy atom. The Labute approximate surface area is 121 Å². The molecule has 1 heterocycles. The molecule has 0 saturated carbocycles. The minimum absolute atomic E-state index is 0.306. The number of benzene rings is 1. The molecule has 1 atom stereocenters. The lowest BCUT2D eigenvalue weighted by Crippen LogP contribution is -2.43. The third-order valence-electron chi connectivity index (χ3n) is 3.73. The van der Waals surface area contributed by atoms with Gasteiger partial charge in [0.1, 0.15) is 5.75 Å². The topological polar surface area (TPSA) is 62.3 Å². The van der Waals surface area contributed by atoms with Crippen LogP contribution in [0, 0.1) is 11.3 Å². The Hall–Kier alpha value is -1.57. The quantitative estimate of drug-likeness (QED) is 0.890. The lowest BCUT2D eigenvalue weighted by atomic mass is 10.0. The van der Waals surface area contributed by atoms with Crippen LogP contribution in [0.3, 0.4) is 0 Å². The average molecular weight is 273 g/mol. The fraction of sp³-hybridized carbons (Fsp3) is 0.562. The van der Waals surface area contributed by atoms with Crippen molar-refractivity contribution < 1.29 is 4.74 Å². The fourth-order valence-corrected chi connectivity index (χ4v) is 2.71. The van der Waals surface area contributed by atoms with Crippen molar-refractivity contribution in [2.75, 3.05) is 26.2 Å². The van der Waals surface area contributed by atoms with E-state index in [1.54, 1.807) is 0 Å². The number of ether oxygens (including phenoxy) is 1. The molecule has 1 fully saturated rings. The Balaban J connectivity index is 2.01. The van der Waals surface area contributed by atoms with Gasteiger partial charge in [-0.25, -0.2) is 0 Å². The molecule has 20 heavy (non-hydrogen) atoms. The van der Waals surface area contributed by atoms with Crippen molar-refractivity contribution in [3.8, 4) is 11.8 Å². The van der Waals surface area contributed by atoms with Crippen LogP contribution in [-0.4, -0.2) is 37.2 Å². The van der Waals surface area contributed by atoms with Crippen LogP contribution in [0.2, 0.25) is 0 Å². The summed E-state index contributed by atoms with van der Waals surface area (Å²) < 4.78 is 5.64. The van der Waals surface area contributed by atoms with E-state index in [1.165, 1.54) is 6.42 Å². The van der Waals surface area contributed by atoms with Gasteiger partial charge in [0.25, 0.3) is 0 Å². The highest BCUT2D eigenvalue weighted by Gasteiger charge is 2.16. The third-order valence-corrected chi connectivity index (χ3v) is 3.73. The van der Waals surface area contributed by atoms with Gasteiger partial charge in [0.05, 0.1) is 18.2 Å². The molecule has 0 bridgehead atoms. The number of rotatable bonds is 5. The van der Waals surface area contributed by atoms with Crippen molar-refractivity contribution >= 4 is 0 Å². The highest BCUT2D eigenvalue weighted by molar-refractivity contribution is 5.42. The zero-order chi connectivity index (χ0) is 14.4. The highest BCUT2D eigenvalue weighted by Crippen LogP contribution is 2.21. The molecule has 108 valence electrons. The number of likely N-dealkylation sites (tertiary alicyclic amines) is 1. The Morgan fingerprint density at radius 1 is 1.50 bits per heavy atom. The summed E-state index contributed by atoms with van der Waals surface area (Å²) in [6.45, 7) is 5.69. The standard InChI is InChI=1S/C16H23N3O/c1-2-20-16-6-5-13(11-17)10-14(16)7-9-19-8-3-4-15(18)12-19/h5-6,10,15H,2-4,7-9,12,18H2,1H3/t15-/m0/s1. The molecular weight excluding hydrogens is 250 g/mol. The van der Waals surface area contributed by atoms with Crippen molar-refractivity contribution in [3.05, 3.63) is 29.3 Å². The lowest BCUT2D eigenvalue weighted by Gasteiger charge is -2.30. The van der Waals surface area contributed by atoms with E-state index in [2.05, 4.69) is 11.0 Å². The molecule has 1 aliphatic rings. The Morgan fingerprint density at radius 2 is 2.35 bits per heavy atom. The molecule has 0 spiro atoms. The molecular formula is C16H23N3O. The summed E-state index contributed by atoms with van der Waals surface area (Å²) in [5.74, 6) is 0.896. The molecule has 1 saturated heterocycles. The summed E-state index contributed by atoms with van der Waals surface area (Å²) in [5, 5.41) is 9.02. The van der Waals surface area contributed by atoms with E-state index in [4.69, 9.17) is 15.7 Å². The summed E-state index contributed by atoms with van der Waals surface area (Å²) in [6, 6.07) is 8.15. The Bertz CT molecular complexity index is 481. The van der Waals surface area contributed by atoms with E-state index >= 15 is 0 Å². The normalized spacial score (nSPS) is 19.6. The summed E-state index contributed by atoms with van der Waals surface area (Å²) in [5.41, 5.74) is 7.82. The number of hydrogen-bond donors (Lipinski definition) is 1. The van der Waals surface area contributed by atoms with Crippen LogP contribution in [0.15, 0.2) is 18.2 Å². The number of nitriles is 1. The highest BCUT2D eigenvalue weighted by atomic mass is 16.5. The van der Waals surface area contributed by atoms with Gasteiger partial charge in [-0.2, -0.15) is 5.26 Å². The number of hydrogen-bond acceptors (Lipinski definition) is 4. The maximum Gasteiger partial charge on any atom is 0.122 e. The number of nitrogens with two attached hydrogens (primary N) is 1. The van der Waals surface area contributed by atoms with E-state index in [1.807, 2.05) is 25.1 Å². The number of piperidine rings is 1. The smallest absolute Gasteiger partial charge is 0.122 e. The molecule has 4 heteroatoms. The predicted octanol–water partition coefficient (Wildman–Crippen LogP) is 1.92. The number of nitrogens with zero attached hydrogens (tertiary/aromatic N) is 2. The molecule has 0 amide bonds. The summed E-state index contributed by atoms with van der Waals surface area (Å²) in [7, 11) is 0. The SMILES string of the molecule is CCOc1ccc(C#N)cc1CCN1CCC[C@H](N)C1. The molecule has 2 N–H and O–H groups in total. The van der Waals surface area contributed by atoms with Gasteiger partial charge in [0.15, 0.2) is 0 Å². The fourth-order valence-electron chi connectivity index (χ4n) is 2.71. The summed E-state index contributed by atoms with van der Waals surface area (Å²) in [6.07, 6.45) is 3.21. The zero-order valence-electron chi connectivity index (χ0n) is 12.1. The van der Waals surface area contributed by atoms with E-state index in [-0.39, 0.29) is 0 Å². The van der Waals surface area contributed by atoms with Crippen LogP contribution in [0.4, 0.5) is 0 Å². The monoisotopic (exact) mass is 273 g/mol. The maximum absolute atomic E-state index is 9.02. The van der Waals surface area contributed by atoms with Gasteiger partial charge in [-0.15, -0.1) is 0 Å². The van der Waals surface area contributed by atoms with Gasteiger partial charge in [-0.3, -0.25) is 0 Å². The first-order valence-corrected chi connectivity index (χ1v) is 7.36. The van der Waals surface area contributed by atoms with Crippen molar-refractivity contribution in [1.82, 2.24) is 4.90 Å². The van der Waals surface area contributed by atoms with Gasteiger partial charge in [-0.1, -0.05) is 0 Å². The molecule has 0 unspecified atom stereocenters. The second kappa shape index (κ2) is 7.28. The zero-order valence-corrected chi connectivity index (χ0v) is 12.1. The first-order chi connectivity index (χ1) is 9.72. The van der Waals surface area contributed by atoms with Crippen LogP contribution < -0.4 is 10.5 Å². The minimum Gasteiger partial charge on any atom is -0.494 e. The molecule has 1 aromatic carbocycles. The second-order valence-corrected chi connectivity index (χ2v) is 5.32. The second-order valence-electron chi connectivity index (χ2n) is 5.32. The van der Waals surface area contributed by atoms with Crippen LogP contribution in [0.1, 0.15) is 30.9 Å². The predicted molar refractivity (Wildman–Crippen MR) is 79.7 cm³/mol. The molecule has 0 aliphatic carbocycles. The van der Waals surface area contributed by atoms with Gasteiger partial charge >= 0.3 is 0 Å². The third kappa shape index (κ3) is 3.96. The first-order valence-electron chi connectivity index (χ1n) is 7.36. The summed E-state index contributed by atoms with van der Waals surface area (Å²) in [4.78, 5) is 2.41. The van der Waals surface area contributed by atoms with E-state index in [0.717, 1.165) is 43.8 Å². The molecule has 1 aliphatic heterocycles. The van der Waals surface area contributed by atoms with Crippen LogP contribution in [0.5, 0.6) is 5.75 Å². The molecule has 4 nitrogen and oxygen atoms in total. The largest absolute Gasteiger partial charge is 0.494 e. The van der Waals surface area contributed by atoms with Crippen molar-refractivity contribution in [1.29, 1.82) is 5.26 Å². The van der Waals surface area contributed by atoms with Crippen LogP contribution >= 0.6 is 0 Å². The van der Waals surface area contributed by atoms with Gasteiger partial charge in [0.2, 0.25) is 0 Å². The molecule has 0 aromatic heterocycles. The first kappa shape index (κ1) is 14.8. The van der Waals surface area contributed by atoms with Gasteiger partial charge in [0, 0.05) is 19.1 Å². The van der Waals surface area contributed by atoms with Crippen LogP contribution in [0.25, 0.3) is 0 Å². The molecule has 2 rings (SSSR count). The van der Waals surface area contributed by atoms with Crippen LogP contribution in [-0.2, 0) is 6.42 Å². The molecule has 1 aromatic rings. The lowest BCUT2D eigenvalue weighted by molar-refractivity contribution is 0.210. The van der Waals surface area contributed by atoms with E-state index < -0.39 is 0 Å². The maximum atomic E-state index is 9.02. The van der Waals surface area contributed by atoms with Crippen molar-refractivity contribution in [2.45, 2.75) is 32.2 Å². The average Bonchev–Trinajstić information content (AvgIpc) is 2.46. The van der Waals surface area contributed by atoms with Gasteiger partial charge in [-0.05, 0) is 56.5 Å². The van der Waals surface area contributed by atoms with Gasteiger partial charge < -0.3 is 15.4 Å². The van der Waals surface area contributed by atoms with Crippen molar-refractivity contribution in [3.63, 3.8) is 0 Å². The van der Waals surface area contributed by atoms with Crippen molar-refractivity contribution in [2.24, 2.45) is 5.73 Å². The van der Waals surface area contributed by atoms with E-state index in [9.17, 15) is 0 Å². The molecule has 0 radical (unpaired) electrons. The van der Waals surface area contributed by atoms with E-state index in [0.29, 0.717) is 18.2 Å². The minimum atomic E-state index is 0.306. The Kier molecular flexibility index (Phi) is 5.40.